The topological polar surface area (TPSA) is 55.8 Å². The van der Waals surface area contributed by atoms with E-state index in [4.69, 9.17) is 14.6 Å². The van der Waals surface area contributed by atoms with Crippen LogP contribution in [0.4, 0.5) is 0 Å². The van der Waals surface area contributed by atoms with Gasteiger partial charge in [-0.3, -0.25) is 0 Å². The molecule has 0 saturated carbocycles. The minimum absolute atomic E-state index is 0.190. The zero-order valence-corrected chi connectivity index (χ0v) is 7.87. The molecule has 0 bridgehead atoms. The monoisotopic (exact) mass is 186 g/mol. The molecular formula is C9H14O4. The number of methoxy groups -OCH3 is 2. The van der Waals surface area contributed by atoms with E-state index in [1.807, 2.05) is 0 Å². The fourth-order valence-corrected chi connectivity index (χ4v) is 1.60. The lowest BCUT2D eigenvalue weighted by molar-refractivity contribution is -0.133. The summed E-state index contributed by atoms with van der Waals surface area (Å²) in [6, 6.07) is 0. The number of hydrogen-bond donors (Lipinski definition) is 1. The Bertz CT molecular complexity index is 232. The van der Waals surface area contributed by atoms with E-state index in [1.54, 1.807) is 7.11 Å². The van der Waals surface area contributed by atoms with Crippen molar-refractivity contribution in [2.24, 2.45) is 0 Å². The van der Waals surface area contributed by atoms with Crippen molar-refractivity contribution in [3.05, 3.63) is 11.3 Å². The van der Waals surface area contributed by atoms with Crippen LogP contribution in [-0.4, -0.2) is 31.4 Å². The highest BCUT2D eigenvalue weighted by molar-refractivity contribution is 5.87. The van der Waals surface area contributed by atoms with Crippen LogP contribution in [0.25, 0.3) is 0 Å². The standard InChI is InChI=1S/C9H14O4/c1-12-7-5-3-4-6(9(10)11)8(7)13-2/h7H,3-5H2,1-2H3,(H,10,11). The van der Waals surface area contributed by atoms with Gasteiger partial charge in [-0.1, -0.05) is 0 Å². The van der Waals surface area contributed by atoms with Crippen LogP contribution in [0.2, 0.25) is 0 Å². The summed E-state index contributed by atoms with van der Waals surface area (Å²) in [4.78, 5) is 10.8. The number of carboxylic acids is 1. The lowest BCUT2D eigenvalue weighted by Gasteiger charge is -2.24. The summed E-state index contributed by atoms with van der Waals surface area (Å²) in [5.74, 6) is -0.431. The third kappa shape index (κ3) is 2.01. The molecule has 0 fully saturated rings. The van der Waals surface area contributed by atoms with Crippen LogP contribution in [-0.2, 0) is 14.3 Å². The highest BCUT2D eigenvalue weighted by atomic mass is 16.5. The zero-order valence-electron chi connectivity index (χ0n) is 7.87. The smallest absolute Gasteiger partial charge is 0.335 e. The van der Waals surface area contributed by atoms with Crippen LogP contribution < -0.4 is 0 Å². The maximum Gasteiger partial charge on any atom is 0.335 e. The molecule has 0 saturated heterocycles. The molecule has 0 amide bonds. The summed E-state index contributed by atoms with van der Waals surface area (Å²) in [6.07, 6.45) is 2.05. The van der Waals surface area contributed by atoms with Crippen molar-refractivity contribution in [3.8, 4) is 0 Å². The van der Waals surface area contributed by atoms with Crippen LogP contribution in [0.3, 0.4) is 0 Å². The summed E-state index contributed by atoms with van der Waals surface area (Å²) >= 11 is 0. The van der Waals surface area contributed by atoms with Crippen molar-refractivity contribution in [2.45, 2.75) is 25.4 Å². The Kier molecular flexibility index (Phi) is 3.31. The van der Waals surface area contributed by atoms with Gasteiger partial charge in [0.1, 0.15) is 11.9 Å². The molecule has 1 aliphatic carbocycles. The van der Waals surface area contributed by atoms with Crippen LogP contribution >= 0.6 is 0 Å². The highest BCUT2D eigenvalue weighted by Crippen LogP contribution is 2.27. The van der Waals surface area contributed by atoms with Gasteiger partial charge in [0.2, 0.25) is 0 Å². The molecular weight excluding hydrogens is 172 g/mol. The zero-order chi connectivity index (χ0) is 9.84. The number of carbonyl (C=O) groups is 1. The van der Waals surface area contributed by atoms with E-state index in [0.29, 0.717) is 17.8 Å². The molecule has 1 atom stereocenters. The maximum absolute atomic E-state index is 10.8. The van der Waals surface area contributed by atoms with Gasteiger partial charge in [-0.25, -0.2) is 4.79 Å². The minimum Gasteiger partial charge on any atom is -0.498 e. The van der Waals surface area contributed by atoms with Crippen molar-refractivity contribution in [2.75, 3.05) is 14.2 Å². The van der Waals surface area contributed by atoms with Gasteiger partial charge in [-0.15, -0.1) is 0 Å². The Morgan fingerprint density at radius 2 is 2.23 bits per heavy atom. The number of aliphatic carboxylic acids is 1. The van der Waals surface area contributed by atoms with E-state index in [9.17, 15) is 4.79 Å². The predicted molar refractivity (Wildman–Crippen MR) is 46.3 cm³/mol. The normalized spacial score (nSPS) is 23.1. The molecule has 0 radical (unpaired) electrons. The quantitative estimate of drug-likeness (QED) is 0.718. The third-order valence-electron chi connectivity index (χ3n) is 2.25. The molecule has 1 aliphatic rings. The van der Waals surface area contributed by atoms with Gasteiger partial charge in [0.15, 0.2) is 0 Å². The Hall–Kier alpha value is -1.03. The molecule has 0 spiro atoms. The SMILES string of the molecule is COC1=C(C(=O)O)CCCC1OC. The van der Waals surface area contributed by atoms with E-state index in [-0.39, 0.29) is 6.10 Å². The summed E-state index contributed by atoms with van der Waals surface area (Å²) in [5, 5.41) is 8.86. The van der Waals surface area contributed by atoms with Crippen molar-refractivity contribution in [1.82, 2.24) is 0 Å². The third-order valence-corrected chi connectivity index (χ3v) is 2.25. The summed E-state index contributed by atoms with van der Waals surface area (Å²) in [6.45, 7) is 0. The molecule has 1 N–H and O–H groups in total. The van der Waals surface area contributed by atoms with E-state index in [2.05, 4.69) is 0 Å². The van der Waals surface area contributed by atoms with E-state index >= 15 is 0 Å². The highest BCUT2D eigenvalue weighted by Gasteiger charge is 2.27. The summed E-state index contributed by atoms with van der Waals surface area (Å²) in [5.41, 5.74) is 0.348. The van der Waals surface area contributed by atoms with Crippen molar-refractivity contribution < 1.29 is 19.4 Å². The average Bonchev–Trinajstić information content (AvgIpc) is 2.16. The fraction of sp³-hybridized carbons (Fsp3) is 0.667. The second-order valence-electron chi connectivity index (χ2n) is 2.97. The molecule has 1 unspecified atom stereocenters. The van der Waals surface area contributed by atoms with Gasteiger partial charge in [-0.05, 0) is 19.3 Å². The molecule has 4 heteroatoms. The van der Waals surface area contributed by atoms with E-state index in [0.717, 1.165) is 12.8 Å². The number of rotatable bonds is 3. The molecule has 0 aromatic rings. The number of carboxylic acid groups (broad SMARTS) is 1. The molecule has 4 nitrogen and oxygen atoms in total. The van der Waals surface area contributed by atoms with Crippen LogP contribution in [0.1, 0.15) is 19.3 Å². The van der Waals surface area contributed by atoms with Gasteiger partial charge in [-0.2, -0.15) is 0 Å². The first-order valence-corrected chi connectivity index (χ1v) is 4.23. The predicted octanol–water partition coefficient (Wildman–Crippen LogP) is 1.17. The molecule has 1 rings (SSSR count). The van der Waals surface area contributed by atoms with E-state index in [1.165, 1.54) is 7.11 Å². The fourth-order valence-electron chi connectivity index (χ4n) is 1.60. The molecule has 0 aromatic carbocycles. The Labute approximate surface area is 77.1 Å². The molecule has 13 heavy (non-hydrogen) atoms. The summed E-state index contributed by atoms with van der Waals surface area (Å²) in [7, 11) is 3.05. The maximum atomic E-state index is 10.8. The molecule has 0 heterocycles. The average molecular weight is 186 g/mol. The first kappa shape index (κ1) is 10.1. The van der Waals surface area contributed by atoms with Crippen LogP contribution in [0, 0.1) is 0 Å². The van der Waals surface area contributed by atoms with E-state index < -0.39 is 5.97 Å². The number of ether oxygens (including phenoxy) is 2. The largest absolute Gasteiger partial charge is 0.498 e. The van der Waals surface area contributed by atoms with Crippen molar-refractivity contribution in [3.63, 3.8) is 0 Å². The Morgan fingerprint density at radius 1 is 1.54 bits per heavy atom. The molecule has 0 aromatic heterocycles. The Balaban J connectivity index is 2.94. The first-order valence-electron chi connectivity index (χ1n) is 4.23. The molecule has 74 valence electrons. The lowest BCUT2D eigenvalue weighted by atomic mass is 9.95. The van der Waals surface area contributed by atoms with Gasteiger partial charge in [0, 0.05) is 7.11 Å². The minimum atomic E-state index is -0.904. The first-order chi connectivity index (χ1) is 6.20. The number of hydrogen-bond acceptors (Lipinski definition) is 3. The Morgan fingerprint density at radius 3 is 2.69 bits per heavy atom. The van der Waals surface area contributed by atoms with Gasteiger partial charge in [0.25, 0.3) is 0 Å². The van der Waals surface area contributed by atoms with Crippen LogP contribution in [0.15, 0.2) is 11.3 Å². The summed E-state index contributed by atoms with van der Waals surface area (Å²) < 4.78 is 10.2. The lowest BCUT2D eigenvalue weighted by Crippen LogP contribution is -2.24. The second kappa shape index (κ2) is 4.28. The van der Waals surface area contributed by atoms with Crippen LogP contribution in [0.5, 0.6) is 0 Å². The van der Waals surface area contributed by atoms with Crippen molar-refractivity contribution in [1.29, 1.82) is 0 Å². The second-order valence-corrected chi connectivity index (χ2v) is 2.97. The molecule has 0 aliphatic heterocycles. The van der Waals surface area contributed by atoms with Gasteiger partial charge in [0.05, 0.1) is 12.7 Å². The van der Waals surface area contributed by atoms with Gasteiger partial charge < -0.3 is 14.6 Å². The van der Waals surface area contributed by atoms with Gasteiger partial charge >= 0.3 is 5.97 Å². The van der Waals surface area contributed by atoms with Crippen molar-refractivity contribution >= 4 is 5.97 Å².